The van der Waals surface area contributed by atoms with E-state index >= 15 is 0 Å². The largest absolute Gasteiger partial charge is 0.433 e. The minimum Gasteiger partial charge on any atom is -0.433 e. The molecule has 3 rings (SSSR count). The Morgan fingerprint density at radius 2 is 1.88 bits per heavy atom. The van der Waals surface area contributed by atoms with Crippen LogP contribution in [0.5, 0.6) is 11.6 Å². The van der Waals surface area contributed by atoms with Gasteiger partial charge in [-0.15, -0.1) is 0 Å². The maximum absolute atomic E-state index is 13.6. The Labute approximate surface area is 133 Å². The molecule has 0 radical (unpaired) electrons. The van der Waals surface area contributed by atoms with Crippen LogP contribution >= 0.6 is 0 Å². The Kier molecular flexibility index (Phi) is 4.00. The topological polar surface area (TPSA) is 57.7 Å². The lowest BCUT2D eigenvalue weighted by Crippen LogP contribution is -2.14. The zero-order valence-electron chi connectivity index (χ0n) is 12.3. The number of aromatic nitrogens is 1. The Bertz CT molecular complexity index is 785. The van der Waals surface area contributed by atoms with Crippen LogP contribution in [0.25, 0.3) is 0 Å². The molecule has 1 atom stereocenters. The summed E-state index contributed by atoms with van der Waals surface area (Å²) in [6, 6.07) is 2.98. The van der Waals surface area contributed by atoms with Crippen LogP contribution in [-0.4, -0.2) is 33.5 Å². The highest BCUT2D eigenvalue weighted by atomic mass is 19.2. The van der Waals surface area contributed by atoms with Crippen LogP contribution in [0.4, 0.5) is 17.6 Å². The van der Waals surface area contributed by atoms with Gasteiger partial charge in [-0.1, -0.05) is 5.16 Å². The summed E-state index contributed by atoms with van der Waals surface area (Å²) in [7, 11) is 0. The van der Waals surface area contributed by atoms with Crippen molar-refractivity contribution in [3.8, 4) is 11.6 Å². The van der Waals surface area contributed by atoms with E-state index in [1.165, 1.54) is 18.3 Å². The smallest absolute Gasteiger partial charge is 0.219 e. The molecule has 1 aromatic carbocycles. The van der Waals surface area contributed by atoms with Gasteiger partial charge in [0.15, 0.2) is 17.5 Å². The first kappa shape index (κ1) is 16.0. The molecule has 5 nitrogen and oxygen atoms in total. The van der Waals surface area contributed by atoms with E-state index < -0.39 is 29.0 Å². The molecule has 2 aromatic rings. The van der Waals surface area contributed by atoms with Crippen LogP contribution in [0.3, 0.4) is 0 Å². The third kappa shape index (κ3) is 2.84. The van der Waals surface area contributed by atoms with E-state index in [0.717, 1.165) is 6.54 Å². The summed E-state index contributed by atoms with van der Waals surface area (Å²) in [6.07, 6.45) is 1.25. The number of oxime groups is 1. The van der Waals surface area contributed by atoms with E-state index in [2.05, 4.69) is 10.1 Å². The molecule has 2 heterocycles. The molecule has 0 spiro atoms. The fraction of sp³-hybridized carbons (Fsp3) is 0.200. The lowest BCUT2D eigenvalue weighted by atomic mass is 10.2. The molecule has 24 heavy (non-hydrogen) atoms. The van der Waals surface area contributed by atoms with Crippen molar-refractivity contribution in [2.45, 2.75) is 13.0 Å². The molecule has 1 saturated heterocycles. The van der Waals surface area contributed by atoms with E-state index in [1.807, 2.05) is 6.92 Å². The molecule has 0 aliphatic carbocycles. The van der Waals surface area contributed by atoms with Gasteiger partial charge in [-0.3, -0.25) is 0 Å². The second-order valence-corrected chi connectivity index (χ2v) is 5.21. The summed E-state index contributed by atoms with van der Waals surface area (Å²) in [6.45, 7) is 2.65. The van der Waals surface area contributed by atoms with Gasteiger partial charge < -0.3 is 14.8 Å². The molecule has 126 valence electrons. The average Bonchev–Trinajstić information content (AvgIpc) is 3.28. The van der Waals surface area contributed by atoms with Crippen LogP contribution in [-0.2, 0) is 0 Å². The lowest BCUT2D eigenvalue weighted by molar-refractivity contribution is 0.313. The zero-order valence-corrected chi connectivity index (χ0v) is 12.3. The number of hydrogen-bond acceptors (Lipinski definition) is 4. The Hall–Kier alpha value is -2.84. The van der Waals surface area contributed by atoms with Gasteiger partial charge >= 0.3 is 0 Å². The lowest BCUT2D eigenvalue weighted by Gasteiger charge is -2.10. The maximum Gasteiger partial charge on any atom is 0.219 e. The number of hydrogen-bond donors (Lipinski definition) is 1. The fourth-order valence-corrected chi connectivity index (χ4v) is 2.13. The predicted molar refractivity (Wildman–Crippen MR) is 75.1 cm³/mol. The molecule has 1 aliphatic heterocycles. The average molecular weight is 341 g/mol. The van der Waals surface area contributed by atoms with Crippen LogP contribution in [0.1, 0.15) is 12.5 Å². The van der Waals surface area contributed by atoms with Crippen molar-refractivity contribution in [1.29, 1.82) is 0 Å². The fourth-order valence-electron chi connectivity index (χ4n) is 2.13. The second kappa shape index (κ2) is 5.99. The van der Waals surface area contributed by atoms with Crippen LogP contribution in [0, 0.1) is 23.3 Å². The molecule has 0 bridgehead atoms. The normalized spacial score (nSPS) is 17.1. The molecule has 1 aromatic heterocycles. The number of nitrogens with zero attached hydrogens (tertiary/aromatic N) is 3. The molecule has 1 aliphatic rings. The van der Waals surface area contributed by atoms with Gasteiger partial charge in [-0.2, -0.15) is 8.78 Å². The number of halogens is 4. The van der Waals surface area contributed by atoms with Crippen molar-refractivity contribution in [3.05, 3.63) is 53.2 Å². The highest BCUT2D eigenvalue weighted by molar-refractivity contribution is 5.99. The zero-order chi connectivity index (χ0) is 17.4. The number of pyridine rings is 1. The quantitative estimate of drug-likeness (QED) is 0.177. The van der Waals surface area contributed by atoms with Crippen LogP contribution in [0.2, 0.25) is 0 Å². The van der Waals surface area contributed by atoms with Crippen molar-refractivity contribution >= 4 is 5.84 Å². The third-order valence-electron chi connectivity index (χ3n) is 3.50. The number of ether oxygens (including phenoxy) is 1. The van der Waals surface area contributed by atoms with E-state index in [1.54, 1.807) is 4.90 Å². The predicted octanol–water partition coefficient (Wildman–Crippen LogP) is 3.27. The minimum absolute atomic E-state index is 0.0866. The number of amidine groups is 1. The highest BCUT2D eigenvalue weighted by Gasteiger charge is 2.33. The highest BCUT2D eigenvalue weighted by Crippen LogP contribution is 2.30. The monoisotopic (exact) mass is 341 g/mol. The van der Waals surface area contributed by atoms with Gasteiger partial charge in [0.25, 0.3) is 0 Å². The van der Waals surface area contributed by atoms with Gasteiger partial charge in [0, 0.05) is 36.5 Å². The first-order chi connectivity index (χ1) is 11.4. The van der Waals surface area contributed by atoms with Gasteiger partial charge in [-0.05, 0) is 13.0 Å². The standard InChI is InChI=1S/C15H11F4N3O2/c1-7-6-22(7)15(21-23)8-2-3-11(20-5-8)24-14-12(18)9(16)4-10(17)13(14)19/h2-5,7,23H,6H2,1H3/b21-15-. The minimum atomic E-state index is -1.66. The summed E-state index contributed by atoms with van der Waals surface area (Å²) in [4.78, 5) is 5.59. The van der Waals surface area contributed by atoms with Crippen LogP contribution < -0.4 is 4.74 Å². The molecule has 1 unspecified atom stereocenters. The van der Waals surface area contributed by atoms with Crippen molar-refractivity contribution in [3.63, 3.8) is 0 Å². The Morgan fingerprint density at radius 3 is 2.33 bits per heavy atom. The Morgan fingerprint density at radius 1 is 1.25 bits per heavy atom. The van der Waals surface area contributed by atoms with E-state index in [9.17, 15) is 17.6 Å². The summed E-state index contributed by atoms with van der Waals surface area (Å²) in [5.74, 6) is -7.68. The first-order valence-corrected chi connectivity index (χ1v) is 6.88. The third-order valence-corrected chi connectivity index (χ3v) is 3.50. The van der Waals surface area contributed by atoms with Crippen LogP contribution in [0.15, 0.2) is 29.6 Å². The summed E-state index contributed by atoms with van der Waals surface area (Å²) in [5.41, 5.74) is 0.445. The molecule has 1 fully saturated rings. The molecule has 0 amide bonds. The van der Waals surface area contributed by atoms with Crippen molar-refractivity contribution in [2.75, 3.05) is 6.54 Å². The first-order valence-electron chi connectivity index (χ1n) is 6.88. The van der Waals surface area contributed by atoms with Crippen molar-refractivity contribution < 1.29 is 27.5 Å². The number of benzene rings is 1. The van der Waals surface area contributed by atoms with E-state index in [0.29, 0.717) is 5.56 Å². The van der Waals surface area contributed by atoms with Gasteiger partial charge in [0.2, 0.25) is 23.3 Å². The SMILES string of the molecule is CC1CN1/C(=N\O)c1ccc(Oc2c(F)c(F)cc(F)c2F)nc1. The maximum atomic E-state index is 13.6. The summed E-state index contributed by atoms with van der Waals surface area (Å²) < 4.78 is 58.2. The van der Waals surface area contributed by atoms with E-state index in [-0.39, 0.29) is 23.8 Å². The molecular weight excluding hydrogens is 330 g/mol. The molecular formula is C15H11F4N3O2. The van der Waals surface area contributed by atoms with E-state index in [4.69, 9.17) is 9.94 Å². The van der Waals surface area contributed by atoms with Gasteiger partial charge in [0.1, 0.15) is 0 Å². The van der Waals surface area contributed by atoms with Crippen molar-refractivity contribution in [1.82, 2.24) is 9.88 Å². The molecule has 0 saturated carbocycles. The Balaban J connectivity index is 1.85. The molecule has 9 heteroatoms. The van der Waals surface area contributed by atoms with Crippen molar-refractivity contribution in [2.24, 2.45) is 5.16 Å². The number of rotatable bonds is 3. The molecule has 1 N–H and O–H groups in total. The second-order valence-electron chi connectivity index (χ2n) is 5.21. The summed E-state index contributed by atoms with van der Waals surface area (Å²) >= 11 is 0. The van der Waals surface area contributed by atoms with Gasteiger partial charge in [-0.25, -0.2) is 13.8 Å². The van der Waals surface area contributed by atoms with Gasteiger partial charge in [0.05, 0.1) is 0 Å². The summed E-state index contributed by atoms with van der Waals surface area (Å²) in [5, 5.41) is 12.2.